The highest BCUT2D eigenvalue weighted by Gasteiger charge is 2.18. The van der Waals surface area contributed by atoms with Gasteiger partial charge in [-0.15, -0.1) is 0 Å². The van der Waals surface area contributed by atoms with Gasteiger partial charge in [0.1, 0.15) is 5.56 Å². The summed E-state index contributed by atoms with van der Waals surface area (Å²) >= 11 is 3.26. The van der Waals surface area contributed by atoms with Crippen LogP contribution in [0.4, 0.5) is 0 Å². The van der Waals surface area contributed by atoms with E-state index in [0.717, 1.165) is 0 Å². The minimum atomic E-state index is -1.07. The zero-order valence-corrected chi connectivity index (χ0v) is 8.93. The van der Waals surface area contributed by atoms with Gasteiger partial charge in [0.15, 0.2) is 5.76 Å². The van der Waals surface area contributed by atoms with Crippen LogP contribution in [-0.2, 0) is 0 Å². The van der Waals surface area contributed by atoms with E-state index in [1.54, 1.807) is 18.5 Å². The number of carboxylic acid groups (broad SMARTS) is 1. The van der Waals surface area contributed by atoms with Crippen LogP contribution in [0.3, 0.4) is 0 Å². The van der Waals surface area contributed by atoms with Gasteiger partial charge in [-0.2, -0.15) is 0 Å². The normalized spacial score (nSPS) is 10.2. The monoisotopic (exact) mass is 268 g/mol. The van der Waals surface area contributed by atoms with Gasteiger partial charge in [-0.25, -0.2) is 4.79 Å². The molecule has 0 aliphatic carbocycles. The molecule has 2 rings (SSSR count). The van der Waals surface area contributed by atoms with Crippen molar-refractivity contribution in [2.45, 2.75) is 0 Å². The Morgan fingerprint density at radius 2 is 2.27 bits per heavy atom. The van der Waals surface area contributed by atoms with Crippen molar-refractivity contribution in [2.24, 2.45) is 0 Å². The van der Waals surface area contributed by atoms with E-state index in [9.17, 15) is 4.79 Å². The molecule has 0 spiro atoms. The van der Waals surface area contributed by atoms with Crippen LogP contribution in [0.1, 0.15) is 10.4 Å². The standard InChI is InChI=1S/C9H5BrN2O3/c10-7-4-11-2-1-5(7)8-6(9(13)14)3-12-15-8/h1-4H,(H,13,14). The molecular weight excluding hydrogens is 264 g/mol. The van der Waals surface area contributed by atoms with Gasteiger partial charge in [0.2, 0.25) is 0 Å². The van der Waals surface area contributed by atoms with Gasteiger partial charge >= 0.3 is 5.97 Å². The van der Waals surface area contributed by atoms with Gasteiger partial charge in [0.25, 0.3) is 0 Å². The highest BCUT2D eigenvalue weighted by atomic mass is 79.9. The first-order valence-corrected chi connectivity index (χ1v) is 4.77. The molecule has 0 aliphatic rings. The molecule has 15 heavy (non-hydrogen) atoms. The van der Waals surface area contributed by atoms with Crippen LogP contribution in [0.5, 0.6) is 0 Å². The van der Waals surface area contributed by atoms with E-state index in [0.29, 0.717) is 10.0 Å². The first kappa shape index (κ1) is 9.85. The molecule has 0 bridgehead atoms. The molecule has 0 saturated carbocycles. The third kappa shape index (κ3) is 1.75. The van der Waals surface area contributed by atoms with Crippen molar-refractivity contribution >= 4 is 21.9 Å². The molecule has 0 radical (unpaired) electrons. The molecule has 2 aromatic heterocycles. The third-order valence-corrected chi connectivity index (χ3v) is 2.45. The Hall–Kier alpha value is -1.69. The van der Waals surface area contributed by atoms with E-state index in [4.69, 9.17) is 9.63 Å². The SMILES string of the molecule is O=C(O)c1cnoc1-c1ccncc1Br. The number of rotatable bonds is 2. The van der Waals surface area contributed by atoms with Gasteiger partial charge in [0.05, 0.1) is 6.20 Å². The minimum absolute atomic E-state index is 0.0295. The Bertz CT molecular complexity index is 510. The van der Waals surface area contributed by atoms with Crippen LogP contribution in [0.15, 0.2) is 33.7 Å². The fourth-order valence-corrected chi connectivity index (χ4v) is 1.58. The maximum Gasteiger partial charge on any atom is 0.341 e. The van der Waals surface area contributed by atoms with E-state index < -0.39 is 5.97 Å². The number of hydrogen-bond donors (Lipinski definition) is 1. The van der Waals surface area contributed by atoms with Gasteiger partial charge in [-0.1, -0.05) is 5.16 Å². The summed E-state index contributed by atoms with van der Waals surface area (Å²) in [5.74, 6) is -0.855. The average molecular weight is 269 g/mol. The predicted molar refractivity (Wildman–Crippen MR) is 54.4 cm³/mol. The summed E-state index contributed by atoms with van der Waals surface area (Å²) in [6, 6.07) is 1.65. The van der Waals surface area contributed by atoms with Crippen molar-refractivity contribution in [2.75, 3.05) is 0 Å². The number of pyridine rings is 1. The molecule has 0 fully saturated rings. The van der Waals surface area contributed by atoms with Crippen molar-refractivity contribution in [3.63, 3.8) is 0 Å². The van der Waals surface area contributed by atoms with Crippen molar-refractivity contribution in [3.8, 4) is 11.3 Å². The summed E-state index contributed by atoms with van der Waals surface area (Å²) < 4.78 is 5.56. The topological polar surface area (TPSA) is 76.2 Å². The van der Waals surface area contributed by atoms with Crippen LogP contribution in [0.2, 0.25) is 0 Å². The number of nitrogens with zero attached hydrogens (tertiary/aromatic N) is 2. The molecule has 5 nitrogen and oxygen atoms in total. The first-order valence-electron chi connectivity index (χ1n) is 3.98. The summed E-state index contributed by atoms with van der Waals surface area (Å²) in [6.07, 6.45) is 4.28. The quantitative estimate of drug-likeness (QED) is 0.904. The van der Waals surface area contributed by atoms with E-state index in [2.05, 4.69) is 26.1 Å². The van der Waals surface area contributed by atoms with E-state index in [-0.39, 0.29) is 11.3 Å². The molecule has 6 heteroatoms. The number of aromatic nitrogens is 2. The Labute approximate surface area is 92.9 Å². The van der Waals surface area contributed by atoms with Crippen LogP contribution < -0.4 is 0 Å². The Morgan fingerprint density at radius 1 is 1.47 bits per heavy atom. The molecule has 0 aromatic carbocycles. The molecule has 0 saturated heterocycles. The van der Waals surface area contributed by atoms with E-state index >= 15 is 0 Å². The highest BCUT2D eigenvalue weighted by molar-refractivity contribution is 9.10. The first-order chi connectivity index (χ1) is 7.20. The molecule has 0 atom stereocenters. The van der Waals surface area contributed by atoms with Crippen LogP contribution in [0.25, 0.3) is 11.3 Å². The molecule has 76 valence electrons. The molecule has 2 aromatic rings. The fourth-order valence-electron chi connectivity index (χ4n) is 1.15. The lowest BCUT2D eigenvalue weighted by atomic mass is 10.1. The van der Waals surface area contributed by atoms with E-state index in [1.165, 1.54) is 6.20 Å². The molecular formula is C9H5BrN2O3. The second-order valence-corrected chi connectivity index (χ2v) is 3.58. The average Bonchev–Trinajstić information content (AvgIpc) is 2.67. The van der Waals surface area contributed by atoms with Gasteiger partial charge in [0, 0.05) is 22.4 Å². The maximum absolute atomic E-state index is 10.8. The van der Waals surface area contributed by atoms with Gasteiger partial charge in [-0.05, 0) is 22.0 Å². The van der Waals surface area contributed by atoms with Crippen LogP contribution in [-0.4, -0.2) is 21.2 Å². The lowest BCUT2D eigenvalue weighted by Gasteiger charge is -1.99. The highest BCUT2D eigenvalue weighted by Crippen LogP contribution is 2.29. The molecule has 0 aliphatic heterocycles. The van der Waals surface area contributed by atoms with Gasteiger partial charge in [-0.3, -0.25) is 4.98 Å². The second kappa shape index (κ2) is 3.82. The molecule has 0 amide bonds. The van der Waals surface area contributed by atoms with E-state index in [1.807, 2.05) is 0 Å². The summed E-state index contributed by atoms with van der Waals surface area (Å²) in [7, 11) is 0. The Morgan fingerprint density at radius 3 is 2.93 bits per heavy atom. The number of aromatic carboxylic acids is 1. The summed E-state index contributed by atoms with van der Waals surface area (Å²) in [5, 5.41) is 12.3. The number of carboxylic acids is 1. The summed E-state index contributed by atoms with van der Waals surface area (Å²) in [5.41, 5.74) is 0.641. The van der Waals surface area contributed by atoms with Crippen molar-refractivity contribution in [1.29, 1.82) is 0 Å². The lowest BCUT2D eigenvalue weighted by Crippen LogP contribution is -1.96. The zero-order chi connectivity index (χ0) is 10.8. The lowest BCUT2D eigenvalue weighted by molar-refractivity contribution is 0.0697. The Kier molecular flexibility index (Phi) is 2.51. The maximum atomic E-state index is 10.8. The molecule has 2 heterocycles. The zero-order valence-electron chi connectivity index (χ0n) is 7.35. The second-order valence-electron chi connectivity index (χ2n) is 2.73. The van der Waals surface area contributed by atoms with Crippen molar-refractivity contribution in [3.05, 3.63) is 34.7 Å². The van der Waals surface area contributed by atoms with Crippen LogP contribution in [0, 0.1) is 0 Å². The summed E-state index contributed by atoms with van der Waals surface area (Å²) in [4.78, 5) is 14.7. The van der Waals surface area contributed by atoms with Crippen molar-refractivity contribution < 1.29 is 14.4 Å². The third-order valence-electron chi connectivity index (χ3n) is 1.82. The van der Waals surface area contributed by atoms with Gasteiger partial charge < -0.3 is 9.63 Å². The summed E-state index contributed by atoms with van der Waals surface area (Å²) in [6.45, 7) is 0. The Balaban J connectivity index is 2.59. The number of hydrogen-bond acceptors (Lipinski definition) is 4. The number of halogens is 1. The van der Waals surface area contributed by atoms with Crippen molar-refractivity contribution in [1.82, 2.24) is 10.1 Å². The molecule has 1 N–H and O–H groups in total. The minimum Gasteiger partial charge on any atom is -0.477 e. The number of carbonyl (C=O) groups is 1. The largest absolute Gasteiger partial charge is 0.477 e. The smallest absolute Gasteiger partial charge is 0.341 e. The predicted octanol–water partition coefficient (Wildman–Crippen LogP) is 2.20. The van der Waals surface area contributed by atoms with Crippen LogP contribution >= 0.6 is 15.9 Å². The fraction of sp³-hybridized carbons (Fsp3) is 0. The molecule has 0 unspecified atom stereocenters.